The lowest BCUT2D eigenvalue weighted by molar-refractivity contribution is -0.118. The lowest BCUT2D eigenvalue weighted by Gasteiger charge is -2.14. The Morgan fingerprint density at radius 3 is 2.48 bits per heavy atom. The van der Waals surface area contributed by atoms with E-state index >= 15 is 0 Å². The van der Waals surface area contributed by atoms with Crippen molar-refractivity contribution in [3.8, 4) is 0 Å². The summed E-state index contributed by atoms with van der Waals surface area (Å²) >= 11 is 2.12. The highest BCUT2D eigenvalue weighted by Gasteiger charge is 2.24. The summed E-state index contributed by atoms with van der Waals surface area (Å²) in [5.74, 6) is -0.559. The zero-order chi connectivity index (χ0) is 15.6. The zero-order valence-electron chi connectivity index (χ0n) is 11.1. The van der Waals surface area contributed by atoms with Crippen molar-refractivity contribution in [3.63, 3.8) is 0 Å². The van der Waals surface area contributed by atoms with Crippen LogP contribution in [0, 0.1) is 3.57 Å². The normalized spacial score (nSPS) is 13.3. The van der Waals surface area contributed by atoms with E-state index in [9.17, 15) is 17.6 Å². The van der Waals surface area contributed by atoms with Crippen molar-refractivity contribution in [1.82, 2.24) is 4.72 Å². The number of ketones is 1. The Morgan fingerprint density at radius 2 is 1.86 bits per heavy atom. The highest BCUT2D eigenvalue weighted by Crippen LogP contribution is 2.26. The predicted molar refractivity (Wildman–Crippen MR) is 87.4 cm³/mol. The second kappa shape index (κ2) is 6.37. The van der Waals surface area contributed by atoms with Crippen molar-refractivity contribution in [2.75, 3.05) is 6.67 Å². The molecule has 7 heteroatoms. The monoisotopic (exact) mass is 421 g/mol. The Morgan fingerprint density at radius 1 is 1.24 bits per heavy atom. The molecule has 0 saturated carbocycles. The van der Waals surface area contributed by atoms with Crippen LogP contribution in [0.4, 0.5) is 4.39 Å². The number of nitrogens with one attached hydrogen (secondary N) is 1. The minimum atomic E-state index is -3.97. The van der Waals surface area contributed by atoms with E-state index in [0.29, 0.717) is 5.39 Å². The number of halogens is 2. The minimum Gasteiger partial charge on any atom is -0.298 e. The van der Waals surface area contributed by atoms with E-state index in [1.807, 2.05) is 12.1 Å². The summed E-state index contributed by atoms with van der Waals surface area (Å²) in [5.41, 5.74) is 0. The molecule has 0 bridgehead atoms. The fourth-order valence-corrected chi connectivity index (χ4v) is 4.08. The van der Waals surface area contributed by atoms with Crippen LogP contribution in [0.2, 0.25) is 0 Å². The van der Waals surface area contributed by atoms with E-state index in [0.717, 1.165) is 15.9 Å². The van der Waals surface area contributed by atoms with Crippen LogP contribution < -0.4 is 4.72 Å². The molecule has 112 valence electrons. The summed E-state index contributed by atoms with van der Waals surface area (Å²) in [6, 6.07) is 8.83. The number of benzene rings is 2. The van der Waals surface area contributed by atoms with E-state index in [1.165, 1.54) is 6.07 Å². The van der Waals surface area contributed by atoms with Crippen LogP contribution in [0.1, 0.15) is 6.92 Å². The van der Waals surface area contributed by atoms with Crippen molar-refractivity contribution < 1.29 is 17.6 Å². The summed E-state index contributed by atoms with van der Waals surface area (Å²) in [6.07, 6.45) is 0. The van der Waals surface area contributed by atoms with Gasteiger partial charge in [0.15, 0.2) is 0 Å². The number of Topliss-reactive ketones (excluding diaryl/α,β-unsaturated/α-hetero) is 1. The molecule has 2 aromatic rings. The molecule has 0 saturated heterocycles. The van der Waals surface area contributed by atoms with Gasteiger partial charge in [0.25, 0.3) is 0 Å². The maximum atomic E-state index is 12.8. The number of sulfonamides is 1. The van der Waals surface area contributed by atoms with Crippen molar-refractivity contribution in [3.05, 3.63) is 40.0 Å². The predicted octanol–water partition coefficient (Wildman–Crippen LogP) is 2.65. The van der Waals surface area contributed by atoms with Gasteiger partial charge in [-0.2, -0.15) is 4.72 Å². The van der Waals surface area contributed by atoms with Gasteiger partial charge in [0.1, 0.15) is 18.5 Å². The number of alkyl halides is 1. The van der Waals surface area contributed by atoms with Crippen LogP contribution >= 0.6 is 22.6 Å². The minimum absolute atomic E-state index is 0.0400. The third kappa shape index (κ3) is 3.41. The highest BCUT2D eigenvalue weighted by atomic mass is 127. The quantitative estimate of drug-likeness (QED) is 0.756. The fraction of sp³-hybridized carbons (Fsp3) is 0.214. The van der Waals surface area contributed by atoms with Crippen LogP contribution in [-0.4, -0.2) is 26.9 Å². The topological polar surface area (TPSA) is 63.2 Å². The van der Waals surface area contributed by atoms with Crippen LogP contribution in [0.15, 0.2) is 41.3 Å². The van der Waals surface area contributed by atoms with Gasteiger partial charge in [-0.3, -0.25) is 4.79 Å². The number of carbonyl (C=O) groups excluding carboxylic acids is 1. The van der Waals surface area contributed by atoms with Crippen LogP contribution in [-0.2, 0) is 14.8 Å². The molecule has 1 atom stereocenters. The first-order valence-corrected chi connectivity index (χ1v) is 8.69. The van der Waals surface area contributed by atoms with Gasteiger partial charge < -0.3 is 0 Å². The lowest BCUT2D eigenvalue weighted by Crippen LogP contribution is -2.41. The maximum absolute atomic E-state index is 12.8. The molecule has 0 spiro atoms. The largest absolute Gasteiger partial charge is 0.298 e. The second-order valence-corrected chi connectivity index (χ2v) is 7.37. The number of hydrogen-bond donors (Lipinski definition) is 1. The average molecular weight is 421 g/mol. The molecule has 2 aromatic carbocycles. The van der Waals surface area contributed by atoms with Crippen molar-refractivity contribution in [2.24, 2.45) is 0 Å². The lowest BCUT2D eigenvalue weighted by atomic mass is 10.1. The Bertz CT molecular complexity index is 792. The van der Waals surface area contributed by atoms with Gasteiger partial charge in [-0.05, 0) is 47.0 Å². The summed E-state index contributed by atoms with van der Waals surface area (Å²) < 4.78 is 40.6. The van der Waals surface area contributed by atoms with E-state index in [-0.39, 0.29) is 4.90 Å². The van der Waals surface area contributed by atoms with Gasteiger partial charge in [-0.25, -0.2) is 12.8 Å². The van der Waals surface area contributed by atoms with E-state index < -0.39 is 28.5 Å². The standard InChI is InChI=1S/C14H13FINO3S/c1-9(18)13(8-15)17-21(19,20)14-7-3-4-10-11(14)5-2-6-12(10)16/h2-7,13,17H,8H2,1H3. The van der Waals surface area contributed by atoms with Crippen LogP contribution in [0.3, 0.4) is 0 Å². The highest BCUT2D eigenvalue weighted by molar-refractivity contribution is 14.1. The van der Waals surface area contributed by atoms with Gasteiger partial charge in [-0.15, -0.1) is 0 Å². The smallest absolute Gasteiger partial charge is 0.241 e. The molecular weight excluding hydrogens is 408 g/mol. The molecule has 1 N–H and O–H groups in total. The summed E-state index contributed by atoms with van der Waals surface area (Å²) in [4.78, 5) is 11.3. The van der Waals surface area contributed by atoms with Gasteiger partial charge in [0, 0.05) is 8.96 Å². The maximum Gasteiger partial charge on any atom is 0.241 e. The average Bonchev–Trinajstić information content (AvgIpc) is 2.44. The fourth-order valence-electron chi connectivity index (χ4n) is 1.95. The number of hydrogen-bond acceptors (Lipinski definition) is 3. The zero-order valence-corrected chi connectivity index (χ0v) is 14.1. The molecule has 0 heterocycles. The third-order valence-electron chi connectivity index (χ3n) is 3.06. The molecule has 0 aliphatic rings. The molecule has 21 heavy (non-hydrogen) atoms. The molecule has 0 aliphatic heterocycles. The first-order valence-electron chi connectivity index (χ1n) is 6.13. The molecule has 0 radical (unpaired) electrons. The second-order valence-electron chi connectivity index (χ2n) is 4.53. The molecule has 4 nitrogen and oxygen atoms in total. The molecule has 0 fully saturated rings. The Hall–Kier alpha value is -1.06. The van der Waals surface area contributed by atoms with Gasteiger partial charge in [-0.1, -0.05) is 24.3 Å². The molecule has 0 aliphatic carbocycles. The van der Waals surface area contributed by atoms with Gasteiger partial charge in [0.05, 0.1) is 4.90 Å². The first kappa shape index (κ1) is 16.3. The number of carbonyl (C=O) groups is 1. The Labute approximate surface area is 135 Å². The molecule has 0 amide bonds. The van der Waals surface area contributed by atoms with E-state index in [1.54, 1.807) is 18.2 Å². The summed E-state index contributed by atoms with van der Waals surface area (Å²) in [7, 11) is -3.97. The van der Waals surface area contributed by atoms with Gasteiger partial charge in [0.2, 0.25) is 10.0 Å². The van der Waals surface area contributed by atoms with Crippen molar-refractivity contribution >= 4 is 49.2 Å². The SMILES string of the molecule is CC(=O)C(CF)NS(=O)(=O)c1cccc2c(I)cccc12. The molecule has 1 unspecified atom stereocenters. The van der Waals surface area contributed by atoms with Crippen LogP contribution in [0.25, 0.3) is 10.8 Å². The first-order chi connectivity index (χ1) is 9.86. The van der Waals surface area contributed by atoms with Crippen molar-refractivity contribution in [2.45, 2.75) is 17.9 Å². The van der Waals surface area contributed by atoms with Gasteiger partial charge >= 0.3 is 0 Å². The molecule has 2 rings (SSSR count). The number of fused-ring (bicyclic) bond motifs is 1. The van der Waals surface area contributed by atoms with Crippen molar-refractivity contribution in [1.29, 1.82) is 0 Å². The van der Waals surface area contributed by atoms with E-state index in [4.69, 9.17) is 0 Å². The van der Waals surface area contributed by atoms with Crippen LogP contribution in [0.5, 0.6) is 0 Å². The molecule has 0 aromatic heterocycles. The summed E-state index contributed by atoms with van der Waals surface area (Å²) in [6.45, 7) is 0.0790. The number of rotatable bonds is 5. The Kier molecular flexibility index (Phi) is 4.95. The third-order valence-corrected chi connectivity index (χ3v) is 5.53. The molecular formula is C14H13FINO3S. The summed E-state index contributed by atoms with van der Waals surface area (Å²) in [5, 5.41) is 1.33. The Balaban J connectivity index is 2.55. The van der Waals surface area contributed by atoms with E-state index in [2.05, 4.69) is 27.3 Å².